The van der Waals surface area contributed by atoms with Crippen LogP contribution in [0.3, 0.4) is 0 Å². The van der Waals surface area contributed by atoms with Gasteiger partial charge in [-0.25, -0.2) is 4.79 Å². The van der Waals surface area contributed by atoms with Crippen LogP contribution in [0.25, 0.3) is 0 Å². The van der Waals surface area contributed by atoms with Gasteiger partial charge in [0.2, 0.25) is 0 Å². The van der Waals surface area contributed by atoms with Gasteiger partial charge >= 0.3 is 6.09 Å². The Hall–Kier alpha value is -0.850. The van der Waals surface area contributed by atoms with E-state index in [1.807, 2.05) is 20.8 Å². The van der Waals surface area contributed by atoms with Crippen LogP contribution in [0.15, 0.2) is 0 Å². The summed E-state index contributed by atoms with van der Waals surface area (Å²) in [6.45, 7) is 12.9. The Balaban J connectivity index is 1.83. The van der Waals surface area contributed by atoms with Crippen LogP contribution < -0.4 is 5.32 Å². The Labute approximate surface area is 152 Å². The third-order valence-electron chi connectivity index (χ3n) is 5.17. The summed E-state index contributed by atoms with van der Waals surface area (Å²) in [6, 6.07) is 0.458. The standard InChI is InChI=1S/C19H36N2O4/c1-17(2,3)25-16(22)21-10-8-19(23-6,9-11-21)14-20-15-7-12-24-18(4,5)13-15/h15,20H,7-14H2,1-6H3. The molecular weight excluding hydrogens is 320 g/mol. The number of amides is 1. The molecule has 0 aromatic heterocycles. The lowest BCUT2D eigenvalue weighted by molar-refractivity contribution is -0.0784. The molecule has 6 nitrogen and oxygen atoms in total. The summed E-state index contributed by atoms with van der Waals surface area (Å²) in [7, 11) is 1.78. The molecule has 2 saturated heterocycles. The largest absolute Gasteiger partial charge is 0.444 e. The third-order valence-corrected chi connectivity index (χ3v) is 5.17. The molecule has 2 aliphatic rings. The SMILES string of the molecule is COC1(CNC2CCOC(C)(C)C2)CCN(C(=O)OC(C)(C)C)CC1. The fourth-order valence-electron chi connectivity index (χ4n) is 3.61. The summed E-state index contributed by atoms with van der Waals surface area (Å²) in [6.07, 6.45) is 3.46. The maximum atomic E-state index is 12.2. The molecule has 0 aromatic rings. The van der Waals surface area contributed by atoms with Crippen molar-refractivity contribution in [3.63, 3.8) is 0 Å². The van der Waals surface area contributed by atoms with E-state index in [0.717, 1.165) is 38.8 Å². The van der Waals surface area contributed by atoms with Crippen LogP contribution in [0, 0.1) is 0 Å². The number of likely N-dealkylation sites (tertiary alicyclic amines) is 1. The van der Waals surface area contributed by atoms with Crippen molar-refractivity contribution < 1.29 is 19.0 Å². The molecule has 1 atom stereocenters. The van der Waals surface area contributed by atoms with Gasteiger partial charge in [0.1, 0.15) is 5.60 Å². The first kappa shape index (κ1) is 20.5. The minimum Gasteiger partial charge on any atom is -0.444 e. The summed E-state index contributed by atoms with van der Waals surface area (Å²) in [4.78, 5) is 14.0. The van der Waals surface area contributed by atoms with Gasteiger partial charge in [0.15, 0.2) is 0 Å². The van der Waals surface area contributed by atoms with E-state index in [9.17, 15) is 4.79 Å². The van der Waals surface area contributed by atoms with Crippen molar-refractivity contribution >= 4 is 6.09 Å². The van der Waals surface area contributed by atoms with Gasteiger partial charge in [0.05, 0.1) is 11.2 Å². The van der Waals surface area contributed by atoms with Crippen LogP contribution in [0.4, 0.5) is 4.79 Å². The smallest absolute Gasteiger partial charge is 0.410 e. The quantitative estimate of drug-likeness (QED) is 0.839. The van der Waals surface area contributed by atoms with E-state index in [0.29, 0.717) is 19.1 Å². The van der Waals surface area contributed by atoms with E-state index in [2.05, 4.69) is 19.2 Å². The Morgan fingerprint density at radius 1 is 1.28 bits per heavy atom. The molecule has 2 heterocycles. The van der Waals surface area contributed by atoms with E-state index in [-0.39, 0.29) is 17.3 Å². The number of carbonyl (C=O) groups is 1. The van der Waals surface area contributed by atoms with Crippen molar-refractivity contribution in [2.24, 2.45) is 0 Å². The van der Waals surface area contributed by atoms with Gasteiger partial charge in [-0.05, 0) is 60.3 Å². The summed E-state index contributed by atoms with van der Waals surface area (Å²) in [5.74, 6) is 0. The lowest BCUT2D eigenvalue weighted by Gasteiger charge is -2.43. The number of ether oxygens (including phenoxy) is 3. The number of piperidine rings is 1. The van der Waals surface area contributed by atoms with E-state index in [1.54, 1.807) is 12.0 Å². The van der Waals surface area contributed by atoms with E-state index < -0.39 is 5.60 Å². The van der Waals surface area contributed by atoms with Gasteiger partial charge in [-0.2, -0.15) is 0 Å². The highest BCUT2D eigenvalue weighted by Crippen LogP contribution is 2.28. The zero-order valence-electron chi connectivity index (χ0n) is 16.8. The molecular formula is C19H36N2O4. The summed E-state index contributed by atoms with van der Waals surface area (Å²) >= 11 is 0. The van der Waals surface area contributed by atoms with Crippen molar-refractivity contribution in [2.75, 3.05) is 33.4 Å². The van der Waals surface area contributed by atoms with Crippen molar-refractivity contribution in [3.8, 4) is 0 Å². The van der Waals surface area contributed by atoms with Crippen molar-refractivity contribution in [3.05, 3.63) is 0 Å². The lowest BCUT2D eigenvalue weighted by atomic mass is 9.89. The number of methoxy groups -OCH3 is 1. The van der Waals surface area contributed by atoms with Crippen LogP contribution in [-0.2, 0) is 14.2 Å². The van der Waals surface area contributed by atoms with Gasteiger partial charge in [0.25, 0.3) is 0 Å². The number of carbonyl (C=O) groups excluding carboxylic acids is 1. The monoisotopic (exact) mass is 356 g/mol. The van der Waals surface area contributed by atoms with E-state index in [1.165, 1.54) is 0 Å². The van der Waals surface area contributed by atoms with Crippen LogP contribution in [0.1, 0.15) is 60.3 Å². The Kier molecular flexibility index (Phi) is 6.39. The summed E-state index contributed by atoms with van der Waals surface area (Å²) in [5, 5.41) is 3.68. The van der Waals surface area contributed by atoms with Crippen LogP contribution in [-0.4, -0.2) is 67.2 Å². The van der Waals surface area contributed by atoms with Gasteiger partial charge in [-0.3, -0.25) is 0 Å². The van der Waals surface area contributed by atoms with Crippen LogP contribution in [0.2, 0.25) is 0 Å². The maximum absolute atomic E-state index is 12.2. The third kappa shape index (κ3) is 6.12. The predicted molar refractivity (Wildman–Crippen MR) is 97.8 cm³/mol. The molecule has 0 aromatic carbocycles. The molecule has 2 aliphatic heterocycles. The predicted octanol–water partition coefficient (Wildman–Crippen LogP) is 2.95. The zero-order valence-corrected chi connectivity index (χ0v) is 16.8. The molecule has 0 bridgehead atoms. The molecule has 1 unspecified atom stereocenters. The number of nitrogens with one attached hydrogen (secondary N) is 1. The first-order valence-electron chi connectivity index (χ1n) is 9.45. The van der Waals surface area contributed by atoms with Crippen molar-refractivity contribution in [1.29, 1.82) is 0 Å². The average Bonchev–Trinajstić information content (AvgIpc) is 2.51. The molecule has 146 valence electrons. The molecule has 2 rings (SSSR count). The molecule has 25 heavy (non-hydrogen) atoms. The highest BCUT2D eigenvalue weighted by molar-refractivity contribution is 5.68. The summed E-state index contributed by atoms with van der Waals surface area (Å²) in [5.41, 5.74) is -0.721. The van der Waals surface area contributed by atoms with Crippen molar-refractivity contribution in [1.82, 2.24) is 10.2 Å². The first-order chi connectivity index (χ1) is 11.5. The molecule has 1 N–H and O–H groups in total. The Bertz CT molecular complexity index is 451. The highest BCUT2D eigenvalue weighted by atomic mass is 16.6. The van der Waals surface area contributed by atoms with Crippen molar-refractivity contribution in [2.45, 2.75) is 83.1 Å². The second-order valence-electron chi connectivity index (χ2n) is 9.03. The topological polar surface area (TPSA) is 60.0 Å². The Morgan fingerprint density at radius 3 is 2.44 bits per heavy atom. The molecule has 0 spiro atoms. The van der Waals surface area contributed by atoms with Gasteiger partial charge in [0, 0.05) is 39.4 Å². The maximum Gasteiger partial charge on any atom is 0.410 e. The van der Waals surface area contributed by atoms with Gasteiger partial charge < -0.3 is 24.4 Å². The van der Waals surface area contributed by atoms with Gasteiger partial charge in [-0.15, -0.1) is 0 Å². The van der Waals surface area contributed by atoms with Crippen LogP contribution in [0.5, 0.6) is 0 Å². The number of rotatable bonds is 4. The first-order valence-corrected chi connectivity index (χ1v) is 9.45. The summed E-state index contributed by atoms with van der Waals surface area (Å²) < 4.78 is 17.1. The zero-order chi connectivity index (χ0) is 18.7. The normalized spacial score (nSPS) is 26.3. The second kappa shape index (κ2) is 7.80. The average molecular weight is 357 g/mol. The minimum atomic E-state index is -0.454. The molecule has 2 fully saturated rings. The lowest BCUT2D eigenvalue weighted by Crippen LogP contribution is -2.55. The molecule has 6 heteroatoms. The molecule has 1 amide bonds. The number of nitrogens with zero attached hydrogens (tertiary/aromatic N) is 1. The fraction of sp³-hybridized carbons (Fsp3) is 0.947. The molecule has 0 aliphatic carbocycles. The fourth-order valence-corrected chi connectivity index (χ4v) is 3.61. The number of hydrogen-bond acceptors (Lipinski definition) is 5. The van der Waals surface area contributed by atoms with Crippen LogP contribution >= 0.6 is 0 Å². The highest BCUT2D eigenvalue weighted by Gasteiger charge is 2.38. The van der Waals surface area contributed by atoms with E-state index in [4.69, 9.17) is 14.2 Å². The number of hydrogen-bond donors (Lipinski definition) is 1. The minimum absolute atomic E-state index is 0.0593. The Morgan fingerprint density at radius 2 is 1.92 bits per heavy atom. The van der Waals surface area contributed by atoms with E-state index >= 15 is 0 Å². The molecule has 0 radical (unpaired) electrons. The van der Waals surface area contributed by atoms with Gasteiger partial charge in [-0.1, -0.05) is 0 Å². The second-order valence-corrected chi connectivity index (χ2v) is 9.03. The molecule has 0 saturated carbocycles.